The molecule has 1 N–H and O–H groups in total. The third-order valence-corrected chi connectivity index (χ3v) is 5.05. The first-order valence-corrected chi connectivity index (χ1v) is 8.92. The Morgan fingerprint density at radius 2 is 2.35 bits per heavy atom. The number of rotatable bonds is 5. The second-order valence-corrected chi connectivity index (χ2v) is 7.59. The van der Waals surface area contributed by atoms with Gasteiger partial charge in [0.05, 0.1) is 6.54 Å². The van der Waals surface area contributed by atoms with Gasteiger partial charge in [0, 0.05) is 24.0 Å². The molecule has 4 nitrogen and oxygen atoms in total. The Bertz CT molecular complexity index is 682. The number of nitrogens with zero attached hydrogens (tertiary/aromatic N) is 2. The zero-order chi connectivity index (χ0) is 16.2. The number of likely N-dealkylation sites (tertiary alicyclic amines) is 1. The van der Waals surface area contributed by atoms with Gasteiger partial charge in [-0.3, -0.25) is 9.69 Å². The lowest BCUT2D eigenvalue weighted by atomic mass is 10.1. The van der Waals surface area contributed by atoms with E-state index < -0.39 is 0 Å². The molecule has 122 valence electrons. The normalized spacial score (nSPS) is 18.3. The van der Waals surface area contributed by atoms with Crippen molar-refractivity contribution in [2.45, 2.75) is 26.7 Å². The fourth-order valence-corrected chi connectivity index (χ4v) is 3.86. The fourth-order valence-electron chi connectivity index (χ4n) is 3.00. The smallest absolute Gasteiger partial charge is 0.240 e. The van der Waals surface area contributed by atoms with Crippen LogP contribution in [0.15, 0.2) is 30.5 Å². The molecule has 0 aliphatic carbocycles. The standard InChI is InChI=1S/C18H23N3OS/c1-13-4-3-5-15(8-13)9-16-10-19-18(23-16)20-17(22)12-21-7-6-14(2)11-21/h3-5,8,10,14H,6-7,9,11-12H2,1-2H3,(H,19,20,22). The molecule has 0 radical (unpaired) electrons. The second kappa shape index (κ2) is 7.23. The first-order valence-electron chi connectivity index (χ1n) is 8.11. The molecule has 1 atom stereocenters. The number of anilines is 1. The van der Waals surface area contributed by atoms with Crippen LogP contribution < -0.4 is 5.32 Å². The molecule has 3 rings (SSSR count). The van der Waals surface area contributed by atoms with Crippen molar-refractivity contribution in [3.8, 4) is 0 Å². The third-order valence-electron chi connectivity index (χ3n) is 4.14. The summed E-state index contributed by atoms with van der Waals surface area (Å²) in [5, 5.41) is 3.63. The Labute approximate surface area is 141 Å². The van der Waals surface area contributed by atoms with Crippen LogP contribution in [0.5, 0.6) is 0 Å². The van der Waals surface area contributed by atoms with Crippen molar-refractivity contribution < 1.29 is 4.79 Å². The molecule has 23 heavy (non-hydrogen) atoms. The van der Waals surface area contributed by atoms with Gasteiger partial charge in [-0.05, 0) is 31.4 Å². The van der Waals surface area contributed by atoms with E-state index >= 15 is 0 Å². The summed E-state index contributed by atoms with van der Waals surface area (Å²) in [5.41, 5.74) is 2.54. The lowest BCUT2D eigenvalue weighted by Crippen LogP contribution is -2.31. The fraction of sp³-hybridized carbons (Fsp3) is 0.444. The highest BCUT2D eigenvalue weighted by Crippen LogP contribution is 2.22. The van der Waals surface area contributed by atoms with Crippen molar-refractivity contribution in [3.63, 3.8) is 0 Å². The van der Waals surface area contributed by atoms with Crippen molar-refractivity contribution in [1.29, 1.82) is 0 Å². The summed E-state index contributed by atoms with van der Waals surface area (Å²) < 4.78 is 0. The lowest BCUT2D eigenvalue weighted by Gasteiger charge is -2.13. The number of benzene rings is 1. The number of amides is 1. The molecular weight excluding hydrogens is 306 g/mol. The van der Waals surface area contributed by atoms with Crippen molar-refractivity contribution in [2.24, 2.45) is 5.92 Å². The molecule has 2 heterocycles. The molecule has 1 fully saturated rings. The summed E-state index contributed by atoms with van der Waals surface area (Å²) in [5.74, 6) is 0.735. The van der Waals surface area contributed by atoms with Gasteiger partial charge >= 0.3 is 0 Å². The van der Waals surface area contributed by atoms with Crippen LogP contribution in [0.4, 0.5) is 5.13 Å². The highest BCUT2D eigenvalue weighted by Gasteiger charge is 2.20. The quantitative estimate of drug-likeness (QED) is 0.915. The van der Waals surface area contributed by atoms with Gasteiger partial charge in [0.25, 0.3) is 0 Å². The van der Waals surface area contributed by atoms with Crippen molar-refractivity contribution in [2.75, 3.05) is 25.0 Å². The summed E-state index contributed by atoms with van der Waals surface area (Å²) >= 11 is 1.56. The summed E-state index contributed by atoms with van der Waals surface area (Å²) in [4.78, 5) is 19.8. The van der Waals surface area contributed by atoms with Gasteiger partial charge in [0.15, 0.2) is 5.13 Å². The van der Waals surface area contributed by atoms with E-state index in [1.165, 1.54) is 22.4 Å². The topological polar surface area (TPSA) is 45.2 Å². The number of nitrogens with one attached hydrogen (secondary N) is 1. The van der Waals surface area contributed by atoms with E-state index in [0.717, 1.165) is 19.5 Å². The number of aromatic nitrogens is 1. The Hall–Kier alpha value is -1.72. The zero-order valence-corrected chi connectivity index (χ0v) is 14.5. The number of carbonyl (C=O) groups excluding carboxylic acids is 1. The van der Waals surface area contributed by atoms with E-state index in [2.05, 4.69) is 53.3 Å². The molecule has 1 aliphatic rings. The number of aryl methyl sites for hydroxylation is 1. The average Bonchev–Trinajstić information content (AvgIpc) is 3.08. The molecule has 2 aromatic rings. The van der Waals surface area contributed by atoms with Gasteiger partial charge in [-0.1, -0.05) is 36.8 Å². The van der Waals surface area contributed by atoms with Crippen molar-refractivity contribution >= 4 is 22.4 Å². The third kappa shape index (κ3) is 4.62. The van der Waals surface area contributed by atoms with Crippen LogP contribution >= 0.6 is 11.3 Å². The average molecular weight is 329 g/mol. The number of hydrogen-bond acceptors (Lipinski definition) is 4. The van der Waals surface area contributed by atoms with E-state index in [-0.39, 0.29) is 5.91 Å². The molecule has 1 aliphatic heterocycles. The zero-order valence-electron chi connectivity index (χ0n) is 13.7. The SMILES string of the molecule is Cc1cccc(Cc2cnc(NC(=O)CN3CCC(C)C3)s2)c1. The Balaban J connectivity index is 1.53. The van der Waals surface area contributed by atoms with E-state index in [0.29, 0.717) is 17.6 Å². The highest BCUT2D eigenvalue weighted by atomic mass is 32.1. The lowest BCUT2D eigenvalue weighted by molar-refractivity contribution is -0.117. The van der Waals surface area contributed by atoms with Crippen LogP contribution in [0.3, 0.4) is 0 Å². The molecule has 1 saturated heterocycles. The van der Waals surface area contributed by atoms with Crippen LogP contribution in [0.1, 0.15) is 29.3 Å². The monoisotopic (exact) mass is 329 g/mol. The molecule has 1 aromatic heterocycles. The van der Waals surface area contributed by atoms with Gasteiger partial charge in [0.1, 0.15) is 0 Å². The Morgan fingerprint density at radius 3 is 3.09 bits per heavy atom. The molecule has 1 aromatic carbocycles. The summed E-state index contributed by atoms with van der Waals surface area (Å²) in [6, 6.07) is 8.48. The molecule has 0 spiro atoms. The number of carbonyl (C=O) groups is 1. The maximum atomic E-state index is 12.1. The predicted molar refractivity (Wildman–Crippen MR) is 94.9 cm³/mol. The first kappa shape index (κ1) is 16.1. The molecular formula is C18H23N3OS. The van der Waals surface area contributed by atoms with Crippen LogP contribution in [0, 0.1) is 12.8 Å². The Kier molecular flexibility index (Phi) is 5.08. The van der Waals surface area contributed by atoms with Gasteiger partial charge < -0.3 is 5.32 Å². The van der Waals surface area contributed by atoms with Gasteiger partial charge in [-0.15, -0.1) is 11.3 Å². The molecule has 1 amide bonds. The maximum Gasteiger partial charge on any atom is 0.240 e. The van der Waals surface area contributed by atoms with Crippen LogP contribution in [-0.2, 0) is 11.2 Å². The minimum atomic E-state index is 0.0376. The van der Waals surface area contributed by atoms with Crippen molar-refractivity contribution in [1.82, 2.24) is 9.88 Å². The number of thiazole rings is 1. The van der Waals surface area contributed by atoms with Gasteiger partial charge in [-0.25, -0.2) is 4.98 Å². The molecule has 5 heteroatoms. The minimum absolute atomic E-state index is 0.0376. The van der Waals surface area contributed by atoms with Gasteiger partial charge in [-0.2, -0.15) is 0 Å². The summed E-state index contributed by atoms with van der Waals surface area (Å²) in [6.45, 7) is 6.84. The van der Waals surface area contributed by atoms with E-state index in [1.54, 1.807) is 11.3 Å². The first-order chi connectivity index (χ1) is 11.1. The van der Waals surface area contributed by atoms with Crippen molar-refractivity contribution in [3.05, 3.63) is 46.5 Å². The van der Waals surface area contributed by atoms with Crippen LogP contribution in [0.2, 0.25) is 0 Å². The summed E-state index contributed by atoms with van der Waals surface area (Å²) in [6.07, 6.45) is 3.91. The minimum Gasteiger partial charge on any atom is -0.301 e. The highest BCUT2D eigenvalue weighted by molar-refractivity contribution is 7.15. The molecule has 0 saturated carbocycles. The van der Waals surface area contributed by atoms with E-state index in [1.807, 2.05) is 6.20 Å². The van der Waals surface area contributed by atoms with E-state index in [4.69, 9.17) is 0 Å². The summed E-state index contributed by atoms with van der Waals surface area (Å²) in [7, 11) is 0. The number of hydrogen-bond donors (Lipinski definition) is 1. The van der Waals surface area contributed by atoms with E-state index in [9.17, 15) is 4.79 Å². The van der Waals surface area contributed by atoms with Crippen LogP contribution in [-0.4, -0.2) is 35.4 Å². The molecule has 1 unspecified atom stereocenters. The van der Waals surface area contributed by atoms with Gasteiger partial charge in [0.2, 0.25) is 5.91 Å². The van der Waals surface area contributed by atoms with Crippen LogP contribution in [0.25, 0.3) is 0 Å². The second-order valence-electron chi connectivity index (χ2n) is 6.47. The Morgan fingerprint density at radius 1 is 1.48 bits per heavy atom. The maximum absolute atomic E-state index is 12.1. The predicted octanol–water partition coefficient (Wildman–Crippen LogP) is 3.32. The largest absolute Gasteiger partial charge is 0.301 e. The molecule has 0 bridgehead atoms.